The molecule has 0 radical (unpaired) electrons. The van der Waals surface area contributed by atoms with Crippen LogP contribution in [0.1, 0.15) is 24.2 Å². The molecule has 0 heterocycles. The molecular weight excluding hydrogens is 299 g/mol. The van der Waals surface area contributed by atoms with Gasteiger partial charge in [0.15, 0.2) is 0 Å². The van der Waals surface area contributed by atoms with E-state index in [0.29, 0.717) is 0 Å². The molecule has 1 rings (SSSR count). The first-order chi connectivity index (χ1) is 9.51. The second kappa shape index (κ2) is 6.08. The van der Waals surface area contributed by atoms with Crippen LogP contribution in [0.25, 0.3) is 0 Å². The summed E-state index contributed by atoms with van der Waals surface area (Å²) in [5, 5.41) is 11.5. The second-order valence-corrected chi connectivity index (χ2v) is 7.58. The highest BCUT2D eigenvalue weighted by Gasteiger charge is 2.25. The van der Waals surface area contributed by atoms with Crippen molar-refractivity contribution >= 4 is 15.9 Å². The number of hydrogen-bond acceptors (Lipinski definition) is 4. The molecule has 6 nitrogen and oxygen atoms in total. The van der Waals surface area contributed by atoms with Crippen molar-refractivity contribution in [1.29, 1.82) is 0 Å². The minimum Gasteiger partial charge on any atom is -0.394 e. The van der Waals surface area contributed by atoms with Crippen LogP contribution < -0.4 is 5.32 Å². The highest BCUT2D eigenvalue weighted by Crippen LogP contribution is 2.18. The monoisotopic (exact) mass is 318 g/mol. The molecule has 0 bridgehead atoms. The number of carbonyl (C=O) groups excluding carboxylic acids is 1. The Balaban J connectivity index is 3.24. The lowest BCUT2D eigenvalue weighted by Crippen LogP contribution is -2.46. The number of amides is 1. The Hall–Kier alpha value is -1.51. The first-order valence-electron chi connectivity index (χ1n) is 6.17. The topological polar surface area (TPSA) is 86.7 Å². The maximum absolute atomic E-state index is 13.8. The van der Waals surface area contributed by atoms with Crippen molar-refractivity contribution in [1.82, 2.24) is 9.62 Å². The molecule has 0 saturated carbocycles. The smallest absolute Gasteiger partial charge is 0.254 e. The molecular formula is C13H19FN2O4S. The molecule has 0 aliphatic carbocycles. The summed E-state index contributed by atoms with van der Waals surface area (Å²) in [5.41, 5.74) is -1.33. The predicted molar refractivity (Wildman–Crippen MR) is 75.9 cm³/mol. The van der Waals surface area contributed by atoms with Crippen molar-refractivity contribution in [3.63, 3.8) is 0 Å². The number of nitrogens with zero attached hydrogens (tertiary/aromatic N) is 1. The highest BCUT2D eigenvalue weighted by atomic mass is 32.2. The van der Waals surface area contributed by atoms with Crippen molar-refractivity contribution < 1.29 is 22.7 Å². The first-order valence-corrected chi connectivity index (χ1v) is 7.61. The standard InChI is InChI=1S/C13H19FN2O4S/c1-13(2,8-17)15-12(18)10-7-9(5-6-11(10)14)21(19,20)16(3)4/h5-7,17H,8H2,1-4H3,(H,15,18). The van der Waals surface area contributed by atoms with Gasteiger partial charge in [0, 0.05) is 14.1 Å². The van der Waals surface area contributed by atoms with Crippen molar-refractivity contribution in [2.75, 3.05) is 20.7 Å². The number of halogens is 1. The van der Waals surface area contributed by atoms with Gasteiger partial charge < -0.3 is 10.4 Å². The average molecular weight is 318 g/mol. The molecule has 0 aliphatic rings. The highest BCUT2D eigenvalue weighted by molar-refractivity contribution is 7.89. The van der Waals surface area contributed by atoms with Gasteiger partial charge in [-0.3, -0.25) is 4.79 Å². The molecule has 0 unspecified atom stereocenters. The van der Waals surface area contributed by atoms with Crippen LogP contribution in [0.4, 0.5) is 4.39 Å². The maximum atomic E-state index is 13.8. The number of benzene rings is 1. The van der Waals surface area contributed by atoms with Crippen molar-refractivity contribution in [2.45, 2.75) is 24.3 Å². The Morgan fingerprint density at radius 3 is 2.43 bits per heavy atom. The van der Waals surface area contributed by atoms with Crippen molar-refractivity contribution in [3.8, 4) is 0 Å². The number of sulfonamides is 1. The van der Waals surface area contributed by atoms with Crippen LogP contribution in [0.2, 0.25) is 0 Å². The third-order valence-electron chi connectivity index (χ3n) is 2.81. The normalized spacial score (nSPS) is 12.5. The molecule has 1 aromatic carbocycles. The molecule has 0 aliphatic heterocycles. The van der Waals surface area contributed by atoms with E-state index < -0.39 is 27.3 Å². The quantitative estimate of drug-likeness (QED) is 0.831. The summed E-state index contributed by atoms with van der Waals surface area (Å²) in [6, 6.07) is 3.00. The molecule has 2 N–H and O–H groups in total. The summed E-state index contributed by atoms with van der Waals surface area (Å²) < 4.78 is 38.7. The van der Waals surface area contributed by atoms with E-state index in [4.69, 9.17) is 5.11 Å². The molecule has 0 fully saturated rings. The SMILES string of the molecule is CN(C)S(=O)(=O)c1ccc(F)c(C(=O)NC(C)(C)CO)c1. The van der Waals surface area contributed by atoms with Gasteiger partial charge in [-0.15, -0.1) is 0 Å². The molecule has 1 aromatic rings. The molecule has 0 aromatic heterocycles. The summed E-state index contributed by atoms with van der Waals surface area (Å²) in [4.78, 5) is 11.8. The third kappa shape index (κ3) is 3.99. The van der Waals surface area contributed by atoms with E-state index in [0.717, 1.165) is 22.5 Å². The van der Waals surface area contributed by atoms with Crippen LogP contribution in [0.15, 0.2) is 23.1 Å². The van der Waals surface area contributed by atoms with Crippen LogP contribution in [0, 0.1) is 5.82 Å². The lowest BCUT2D eigenvalue weighted by molar-refractivity contribution is 0.0865. The molecule has 21 heavy (non-hydrogen) atoms. The minimum atomic E-state index is -3.76. The number of aliphatic hydroxyl groups excluding tert-OH is 1. The van der Waals surface area contributed by atoms with Crippen LogP contribution in [-0.2, 0) is 10.0 Å². The zero-order valence-electron chi connectivity index (χ0n) is 12.3. The van der Waals surface area contributed by atoms with E-state index in [-0.39, 0.29) is 17.1 Å². The van der Waals surface area contributed by atoms with E-state index in [1.165, 1.54) is 14.1 Å². The average Bonchev–Trinajstić information content (AvgIpc) is 2.38. The van der Waals surface area contributed by atoms with E-state index in [2.05, 4.69) is 5.32 Å². The van der Waals surface area contributed by atoms with Gasteiger partial charge in [-0.05, 0) is 32.0 Å². The third-order valence-corrected chi connectivity index (χ3v) is 4.62. The minimum absolute atomic E-state index is 0.180. The van der Waals surface area contributed by atoms with Gasteiger partial charge in [-0.1, -0.05) is 0 Å². The number of nitrogens with one attached hydrogen (secondary N) is 1. The lowest BCUT2D eigenvalue weighted by atomic mass is 10.1. The summed E-state index contributed by atoms with van der Waals surface area (Å²) in [7, 11) is -1.08. The van der Waals surface area contributed by atoms with Gasteiger partial charge in [0.2, 0.25) is 10.0 Å². The number of hydrogen-bond donors (Lipinski definition) is 2. The molecule has 0 spiro atoms. The van der Waals surface area contributed by atoms with E-state index >= 15 is 0 Å². The molecule has 0 saturated heterocycles. The Kier molecular flexibility index (Phi) is 5.08. The summed E-state index contributed by atoms with van der Waals surface area (Å²) >= 11 is 0. The van der Waals surface area contributed by atoms with Crippen LogP contribution in [0.3, 0.4) is 0 Å². The zero-order chi connectivity index (χ0) is 16.4. The number of rotatable bonds is 5. The van der Waals surface area contributed by atoms with E-state index in [1.54, 1.807) is 13.8 Å². The van der Waals surface area contributed by atoms with E-state index in [9.17, 15) is 17.6 Å². The van der Waals surface area contributed by atoms with E-state index in [1.807, 2.05) is 0 Å². The van der Waals surface area contributed by atoms with Crippen molar-refractivity contribution in [2.24, 2.45) is 0 Å². The Labute approximate surface area is 123 Å². The van der Waals surface area contributed by atoms with Crippen LogP contribution in [-0.4, -0.2) is 50.0 Å². The summed E-state index contributed by atoms with van der Waals surface area (Å²) in [6.07, 6.45) is 0. The van der Waals surface area contributed by atoms with Crippen LogP contribution in [0.5, 0.6) is 0 Å². The lowest BCUT2D eigenvalue weighted by Gasteiger charge is -2.23. The summed E-state index contributed by atoms with van der Waals surface area (Å²) in [6.45, 7) is 2.78. The zero-order valence-corrected chi connectivity index (χ0v) is 13.2. The van der Waals surface area contributed by atoms with Crippen molar-refractivity contribution in [3.05, 3.63) is 29.6 Å². The fraction of sp³-hybridized carbons (Fsp3) is 0.462. The van der Waals surface area contributed by atoms with Gasteiger partial charge in [-0.2, -0.15) is 0 Å². The maximum Gasteiger partial charge on any atom is 0.254 e. The second-order valence-electron chi connectivity index (χ2n) is 5.43. The number of aliphatic hydroxyl groups is 1. The Morgan fingerprint density at radius 2 is 1.95 bits per heavy atom. The first kappa shape index (κ1) is 17.5. The summed E-state index contributed by atoms with van der Waals surface area (Å²) in [5.74, 6) is -1.62. The van der Waals surface area contributed by atoms with Gasteiger partial charge in [-0.25, -0.2) is 17.1 Å². The fourth-order valence-electron chi connectivity index (χ4n) is 1.46. The fourth-order valence-corrected chi connectivity index (χ4v) is 2.39. The van der Waals surface area contributed by atoms with Gasteiger partial charge in [0.05, 0.1) is 22.6 Å². The van der Waals surface area contributed by atoms with Gasteiger partial charge in [0.1, 0.15) is 5.82 Å². The van der Waals surface area contributed by atoms with Gasteiger partial charge in [0.25, 0.3) is 5.91 Å². The van der Waals surface area contributed by atoms with Crippen LogP contribution >= 0.6 is 0 Å². The Bertz CT molecular complexity index is 642. The molecule has 0 atom stereocenters. The molecule has 8 heteroatoms. The predicted octanol–water partition coefficient (Wildman–Crippen LogP) is 0.577. The molecule has 118 valence electrons. The largest absolute Gasteiger partial charge is 0.394 e. The number of carbonyl (C=O) groups is 1. The Morgan fingerprint density at radius 1 is 1.38 bits per heavy atom. The van der Waals surface area contributed by atoms with Gasteiger partial charge >= 0.3 is 0 Å². The molecule has 1 amide bonds.